The number of hydrogen-bond acceptors (Lipinski definition) is 4. The monoisotopic (exact) mass is 346 g/mol. The molecule has 1 N–H and O–H groups in total. The summed E-state index contributed by atoms with van der Waals surface area (Å²) >= 11 is 3.39. The number of benzene rings is 2. The zero-order valence-corrected chi connectivity index (χ0v) is 13.4. The number of methoxy groups -OCH3 is 2. The molecule has 0 amide bonds. The Balaban J connectivity index is 2.16. The number of rotatable bonds is 5. The first-order chi connectivity index (χ1) is 10.2. The van der Waals surface area contributed by atoms with Crippen LogP contribution in [-0.4, -0.2) is 14.2 Å². The molecule has 0 saturated carbocycles. The zero-order valence-electron chi connectivity index (χ0n) is 11.8. The van der Waals surface area contributed by atoms with E-state index >= 15 is 0 Å². The second kappa shape index (κ2) is 7.00. The minimum Gasteiger partial charge on any atom is -0.497 e. The first kappa shape index (κ1) is 15.2. The van der Waals surface area contributed by atoms with Gasteiger partial charge in [-0.15, -0.1) is 0 Å². The van der Waals surface area contributed by atoms with Gasteiger partial charge in [-0.1, -0.05) is 15.9 Å². The van der Waals surface area contributed by atoms with E-state index in [-0.39, 0.29) is 0 Å². The summed E-state index contributed by atoms with van der Waals surface area (Å²) in [5, 5.41) is 12.3. The highest BCUT2D eigenvalue weighted by molar-refractivity contribution is 9.10. The third-order valence-electron chi connectivity index (χ3n) is 3.00. The summed E-state index contributed by atoms with van der Waals surface area (Å²) in [6, 6.07) is 13.3. The van der Waals surface area contributed by atoms with Crippen LogP contribution in [-0.2, 0) is 6.54 Å². The van der Waals surface area contributed by atoms with E-state index < -0.39 is 0 Å². The summed E-state index contributed by atoms with van der Waals surface area (Å²) in [6.07, 6.45) is 0. The first-order valence-corrected chi connectivity index (χ1v) is 7.11. The maximum atomic E-state index is 8.98. The van der Waals surface area contributed by atoms with E-state index in [1.54, 1.807) is 26.4 Å². The molecule has 0 bridgehead atoms. The Labute approximate surface area is 132 Å². The summed E-state index contributed by atoms with van der Waals surface area (Å²) in [4.78, 5) is 0. The molecule has 21 heavy (non-hydrogen) atoms. The topological polar surface area (TPSA) is 54.3 Å². The Morgan fingerprint density at radius 1 is 1.14 bits per heavy atom. The molecule has 2 rings (SSSR count). The predicted molar refractivity (Wildman–Crippen MR) is 85.7 cm³/mol. The molecular weight excluding hydrogens is 332 g/mol. The number of nitrogens with one attached hydrogen (secondary N) is 1. The Hall–Kier alpha value is -2.19. The van der Waals surface area contributed by atoms with Crippen molar-refractivity contribution in [2.45, 2.75) is 6.54 Å². The van der Waals surface area contributed by atoms with E-state index in [1.165, 1.54) is 0 Å². The predicted octanol–water partition coefficient (Wildman–Crippen LogP) is 3.95. The minimum atomic E-state index is 0.592. The van der Waals surface area contributed by atoms with Crippen molar-refractivity contribution >= 4 is 21.6 Å². The summed E-state index contributed by atoms with van der Waals surface area (Å²) in [5.74, 6) is 1.52. The quantitative estimate of drug-likeness (QED) is 0.890. The third kappa shape index (κ3) is 3.89. The largest absolute Gasteiger partial charge is 0.497 e. The molecule has 108 valence electrons. The first-order valence-electron chi connectivity index (χ1n) is 6.31. The Kier molecular flexibility index (Phi) is 5.07. The Morgan fingerprint density at radius 3 is 2.62 bits per heavy atom. The van der Waals surface area contributed by atoms with Crippen LogP contribution < -0.4 is 14.8 Å². The molecule has 0 radical (unpaired) electrons. The molecule has 0 aromatic heterocycles. The molecule has 0 aliphatic heterocycles. The van der Waals surface area contributed by atoms with Gasteiger partial charge in [0.25, 0.3) is 0 Å². The van der Waals surface area contributed by atoms with Gasteiger partial charge in [0.15, 0.2) is 0 Å². The molecular formula is C16H15BrN2O2. The lowest BCUT2D eigenvalue weighted by molar-refractivity contribution is 0.391. The van der Waals surface area contributed by atoms with Crippen LogP contribution in [0.1, 0.15) is 11.1 Å². The van der Waals surface area contributed by atoms with Gasteiger partial charge in [0, 0.05) is 28.3 Å². The molecule has 2 aromatic rings. The molecule has 0 atom stereocenters. The summed E-state index contributed by atoms with van der Waals surface area (Å²) in [6.45, 7) is 0.592. The number of hydrogen-bond donors (Lipinski definition) is 1. The lowest BCUT2D eigenvalue weighted by atomic mass is 10.1. The van der Waals surface area contributed by atoms with Crippen molar-refractivity contribution in [3.05, 3.63) is 52.0 Å². The highest BCUT2D eigenvalue weighted by Crippen LogP contribution is 2.26. The lowest BCUT2D eigenvalue weighted by Gasteiger charge is -2.12. The van der Waals surface area contributed by atoms with Crippen molar-refractivity contribution in [2.24, 2.45) is 0 Å². The van der Waals surface area contributed by atoms with Gasteiger partial charge in [0.2, 0.25) is 0 Å². The van der Waals surface area contributed by atoms with Crippen LogP contribution >= 0.6 is 15.9 Å². The highest BCUT2D eigenvalue weighted by atomic mass is 79.9. The van der Waals surface area contributed by atoms with E-state index in [0.717, 1.165) is 27.2 Å². The van der Waals surface area contributed by atoms with Crippen LogP contribution in [0.5, 0.6) is 11.5 Å². The molecule has 4 nitrogen and oxygen atoms in total. The second-order valence-electron chi connectivity index (χ2n) is 4.37. The van der Waals surface area contributed by atoms with E-state index in [4.69, 9.17) is 14.7 Å². The van der Waals surface area contributed by atoms with Crippen LogP contribution in [0.2, 0.25) is 0 Å². The van der Waals surface area contributed by atoms with E-state index in [2.05, 4.69) is 27.3 Å². The molecule has 2 aromatic carbocycles. The normalized spacial score (nSPS) is 9.81. The Bertz CT molecular complexity index is 680. The lowest BCUT2D eigenvalue weighted by Crippen LogP contribution is -2.02. The molecule has 0 aliphatic rings. The number of anilines is 1. The van der Waals surface area contributed by atoms with Crippen molar-refractivity contribution in [2.75, 3.05) is 19.5 Å². The van der Waals surface area contributed by atoms with Crippen LogP contribution in [0.4, 0.5) is 5.69 Å². The SMILES string of the molecule is COc1ccc(CNc2cc(Br)cc(C#N)c2)c(OC)c1. The molecule has 0 unspecified atom stereocenters. The van der Waals surface area contributed by atoms with Crippen LogP contribution in [0.3, 0.4) is 0 Å². The van der Waals surface area contributed by atoms with Gasteiger partial charge < -0.3 is 14.8 Å². The fourth-order valence-corrected chi connectivity index (χ4v) is 2.44. The average molecular weight is 347 g/mol. The highest BCUT2D eigenvalue weighted by Gasteiger charge is 2.06. The van der Waals surface area contributed by atoms with Gasteiger partial charge in [0.05, 0.1) is 25.9 Å². The van der Waals surface area contributed by atoms with Gasteiger partial charge in [0.1, 0.15) is 11.5 Å². The van der Waals surface area contributed by atoms with Crippen molar-refractivity contribution in [3.8, 4) is 17.6 Å². The fraction of sp³-hybridized carbons (Fsp3) is 0.188. The molecule has 0 saturated heterocycles. The van der Waals surface area contributed by atoms with E-state index in [9.17, 15) is 0 Å². The van der Waals surface area contributed by atoms with Gasteiger partial charge in [-0.3, -0.25) is 0 Å². The van der Waals surface area contributed by atoms with Crippen molar-refractivity contribution < 1.29 is 9.47 Å². The van der Waals surface area contributed by atoms with Gasteiger partial charge >= 0.3 is 0 Å². The van der Waals surface area contributed by atoms with Crippen LogP contribution in [0, 0.1) is 11.3 Å². The molecule has 0 fully saturated rings. The van der Waals surface area contributed by atoms with Crippen molar-refractivity contribution in [3.63, 3.8) is 0 Å². The standard InChI is InChI=1S/C16H15BrN2O2/c1-20-15-4-3-12(16(8-15)21-2)10-19-14-6-11(9-18)5-13(17)7-14/h3-8,19H,10H2,1-2H3. The van der Waals surface area contributed by atoms with Gasteiger partial charge in [-0.2, -0.15) is 5.26 Å². The number of nitriles is 1. The van der Waals surface area contributed by atoms with Crippen molar-refractivity contribution in [1.29, 1.82) is 5.26 Å². The molecule has 0 heterocycles. The zero-order chi connectivity index (χ0) is 15.2. The molecule has 0 spiro atoms. The van der Waals surface area contributed by atoms with E-state index in [0.29, 0.717) is 12.1 Å². The van der Waals surface area contributed by atoms with Crippen molar-refractivity contribution in [1.82, 2.24) is 0 Å². The number of halogens is 1. The fourth-order valence-electron chi connectivity index (χ4n) is 1.95. The maximum Gasteiger partial charge on any atom is 0.127 e. The molecule has 5 heteroatoms. The Morgan fingerprint density at radius 2 is 1.95 bits per heavy atom. The van der Waals surface area contributed by atoms with Gasteiger partial charge in [-0.25, -0.2) is 0 Å². The third-order valence-corrected chi connectivity index (χ3v) is 3.46. The van der Waals surface area contributed by atoms with E-state index in [1.807, 2.05) is 24.3 Å². The minimum absolute atomic E-state index is 0.592. The number of ether oxygens (including phenoxy) is 2. The summed E-state index contributed by atoms with van der Waals surface area (Å²) in [7, 11) is 3.25. The van der Waals surface area contributed by atoms with Crippen LogP contribution in [0.15, 0.2) is 40.9 Å². The smallest absolute Gasteiger partial charge is 0.127 e. The summed E-state index contributed by atoms with van der Waals surface area (Å²) in [5.41, 5.74) is 2.49. The average Bonchev–Trinajstić information content (AvgIpc) is 2.52. The summed E-state index contributed by atoms with van der Waals surface area (Å²) < 4.78 is 11.4. The molecule has 0 aliphatic carbocycles. The van der Waals surface area contributed by atoms with Crippen LogP contribution in [0.25, 0.3) is 0 Å². The number of nitrogens with zero attached hydrogens (tertiary/aromatic N) is 1. The second-order valence-corrected chi connectivity index (χ2v) is 5.29. The van der Waals surface area contributed by atoms with Gasteiger partial charge in [-0.05, 0) is 30.3 Å². The maximum absolute atomic E-state index is 8.98.